The first-order valence-electron chi connectivity index (χ1n) is 6.17. The Morgan fingerprint density at radius 2 is 1.87 bits per heavy atom. The van der Waals surface area contributed by atoms with Gasteiger partial charge in [-0.3, -0.25) is 0 Å². The van der Waals surface area contributed by atoms with E-state index in [1.54, 1.807) is 0 Å². The Morgan fingerprint density at radius 3 is 2.60 bits per heavy atom. The molecule has 1 aliphatic carbocycles. The second kappa shape index (κ2) is 5.61. The van der Waals surface area contributed by atoms with Crippen molar-refractivity contribution in [2.45, 2.75) is 51.2 Å². The van der Waals surface area contributed by atoms with Gasteiger partial charge in [0.25, 0.3) is 0 Å². The summed E-state index contributed by atoms with van der Waals surface area (Å²) in [5, 5.41) is 7.88. The second-order valence-corrected chi connectivity index (χ2v) is 4.57. The fourth-order valence-corrected chi connectivity index (χ4v) is 2.44. The fourth-order valence-electron chi connectivity index (χ4n) is 2.44. The lowest BCUT2D eigenvalue weighted by atomic mass is 9.84. The van der Waals surface area contributed by atoms with Crippen molar-refractivity contribution >= 4 is 5.71 Å². The average molecular weight is 211 g/mol. The highest BCUT2D eigenvalue weighted by Crippen LogP contribution is 2.26. The van der Waals surface area contributed by atoms with Crippen molar-refractivity contribution in [1.82, 2.24) is 0 Å². The number of ether oxygens (including phenoxy) is 2. The zero-order valence-corrected chi connectivity index (χ0v) is 9.34. The van der Waals surface area contributed by atoms with E-state index in [-0.39, 0.29) is 6.29 Å². The summed E-state index contributed by atoms with van der Waals surface area (Å²) in [7, 11) is 0. The van der Waals surface area contributed by atoms with Crippen LogP contribution in [-0.2, 0) is 9.47 Å². The van der Waals surface area contributed by atoms with Crippen molar-refractivity contribution in [3.63, 3.8) is 0 Å². The summed E-state index contributed by atoms with van der Waals surface area (Å²) >= 11 is 0. The molecule has 1 atom stereocenters. The van der Waals surface area contributed by atoms with Gasteiger partial charge in [0, 0.05) is 5.71 Å². The summed E-state index contributed by atoms with van der Waals surface area (Å²) in [6.45, 7) is 1.68. The maximum absolute atomic E-state index is 7.88. The summed E-state index contributed by atoms with van der Waals surface area (Å²) in [4.78, 5) is 0. The topological polar surface area (TPSA) is 42.3 Å². The minimum atomic E-state index is 0.00785. The molecule has 2 rings (SSSR count). The van der Waals surface area contributed by atoms with Gasteiger partial charge in [-0.15, -0.1) is 0 Å². The lowest BCUT2D eigenvalue weighted by Crippen LogP contribution is -2.27. The van der Waals surface area contributed by atoms with E-state index >= 15 is 0 Å². The molecule has 1 heterocycles. The van der Waals surface area contributed by atoms with Crippen molar-refractivity contribution in [1.29, 1.82) is 5.41 Å². The molecule has 2 aliphatic rings. The smallest absolute Gasteiger partial charge is 0.157 e. The number of rotatable bonds is 3. The Morgan fingerprint density at radius 1 is 1.07 bits per heavy atom. The molecule has 86 valence electrons. The SMILES string of the molecule is N=C1CCCCC1CCC1OCCCO1. The maximum Gasteiger partial charge on any atom is 0.157 e. The standard InChI is InChI=1S/C12H21NO2/c13-11-5-2-1-4-10(11)6-7-12-14-8-3-9-15-12/h10,12-13H,1-9H2. The van der Waals surface area contributed by atoms with Crippen LogP contribution in [0.1, 0.15) is 44.9 Å². The van der Waals surface area contributed by atoms with E-state index in [2.05, 4.69) is 0 Å². The molecule has 0 radical (unpaired) electrons. The Bertz CT molecular complexity index is 212. The number of hydrogen-bond donors (Lipinski definition) is 1. The van der Waals surface area contributed by atoms with E-state index in [0.29, 0.717) is 5.92 Å². The van der Waals surface area contributed by atoms with Crippen LogP contribution in [0.3, 0.4) is 0 Å². The Kier molecular flexibility index (Phi) is 4.15. The Labute approximate surface area is 91.7 Å². The molecule has 0 spiro atoms. The predicted molar refractivity (Wildman–Crippen MR) is 59.2 cm³/mol. The minimum Gasteiger partial charge on any atom is -0.353 e. The van der Waals surface area contributed by atoms with Crippen LogP contribution in [0.15, 0.2) is 0 Å². The highest BCUT2D eigenvalue weighted by Gasteiger charge is 2.21. The van der Waals surface area contributed by atoms with Crippen LogP contribution < -0.4 is 0 Å². The van der Waals surface area contributed by atoms with Crippen molar-refractivity contribution in [3.8, 4) is 0 Å². The quantitative estimate of drug-likeness (QED) is 0.780. The molecule has 0 aromatic carbocycles. The van der Waals surface area contributed by atoms with Gasteiger partial charge < -0.3 is 14.9 Å². The molecule has 1 aliphatic heterocycles. The van der Waals surface area contributed by atoms with Gasteiger partial charge in [-0.1, -0.05) is 6.42 Å². The number of hydrogen-bond acceptors (Lipinski definition) is 3. The van der Waals surface area contributed by atoms with Gasteiger partial charge >= 0.3 is 0 Å². The van der Waals surface area contributed by atoms with Gasteiger partial charge in [0.05, 0.1) is 13.2 Å². The lowest BCUT2D eigenvalue weighted by molar-refractivity contribution is -0.182. The molecule has 0 amide bonds. The van der Waals surface area contributed by atoms with E-state index in [9.17, 15) is 0 Å². The van der Waals surface area contributed by atoms with Gasteiger partial charge in [-0.25, -0.2) is 0 Å². The zero-order valence-electron chi connectivity index (χ0n) is 9.34. The third kappa shape index (κ3) is 3.28. The first-order chi connectivity index (χ1) is 7.36. The first-order valence-corrected chi connectivity index (χ1v) is 6.17. The molecule has 3 heteroatoms. The van der Waals surface area contributed by atoms with Crippen LogP contribution in [0.25, 0.3) is 0 Å². The monoisotopic (exact) mass is 211 g/mol. The molecule has 1 unspecified atom stereocenters. The summed E-state index contributed by atoms with van der Waals surface area (Å²) in [6, 6.07) is 0. The molecule has 15 heavy (non-hydrogen) atoms. The number of nitrogens with one attached hydrogen (secondary N) is 1. The Balaban J connectivity index is 1.69. The maximum atomic E-state index is 7.88. The Hall–Kier alpha value is -0.410. The van der Waals surface area contributed by atoms with E-state index in [4.69, 9.17) is 14.9 Å². The van der Waals surface area contributed by atoms with Crippen LogP contribution in [0.5, 0.6) is 0 Å². The van der Waals surface area contributed by atoms with Crippen LogP contribution >= 0.6 is 0 Å². The molecule has 1 saturated carbocycles. The zero-order chi connectivity index (χ0) is 10.5. The molecule has 0 aromatic rings. The summed E-state index contributed by atoms with van der Waals surface area (Å²) in [5.74, 6) is 0.507. The van der Waals surface area contributed by atoms with E-state index in [0.717, 1.165) is 44.6 Å². The minimum absolute atomic E-state index is 0.00785. The van der Waals surface area contributed by atoms with E-state index < -0.39 is 0 Å². The largest absolute Gasteiger partial charge is 0.353 e. The van der Waals surface area contributed by atoms with E-state index in [1.165, 1.54) is 19.3 Å². The van der Waals surface area contributed by atoms with Gasteiger partial charge in [0.2, 0.25) is 0 Å². The third-order valence-electron chi connectivity index (χ3n) is 3.39. The molecule has 0 aromatic heterocycles. The first kappa shape index (κ1) is 11.1. The highest BCUT2D eigenvalue weighted by molar-refractivity contribution is 5.84. The van der Waals surface area contributed by atoms with Gasteiger partial charge in [0.1, 0.15) is 0 Å². The molecule has 1 saturated heterocycles. The molecular formula is C12H21NO2. The molecule has 2 fully saturated rings. The molecule has 0 bridgehead atoms. The van der Waals surface area contributed by atoms with Crippen molar-refractivity contribution < 1.29 is 9.47 Å². The third-order valence-corrected chi connectivity index (χ3v) is 3.39. The van der Waals surface area contributed by atoms with Crippen LogP contribution in [0.2, 0.25) is 0 Å². The van der Waals surface area contributed by atoms with E-state index in [1.807, 2.05) is 0 Å². The fraction of sp³-hybridized carbons (Fsp3) is 0.917. The second-order valence-electron chi connectivity index (χ2n) is 4.57. The van der Waals surface area contributed by atoms with Crippen LogP contribution in [0, 0.1) is 11.3 Å². The van der Waals surface area contributed by atoms with Gasteiger partial charge in [-0.2, -0.15) is 0 Å². The molecular weight excluding hydrogens is 190 g/mol. The van der Waals surface area contributed by atoms with Crippen molar-refractivity contribution in [2.24, 2.45) is 5.92 Å². The van der Waals surface area contributed by atoms with Gasteiger partial charge in [-0.05, 0) is 44.4 Å². The van der Waals surface area contributed by atoms with Crippen LogP contribution in [-0.4, -0.2) is 25.2 Å². The molecule has 1 N–H and O–H groups in total. The normalized spacial score (nSPS) is 29.3. The molecule has 3 nitrogen and oxygen atoms in total. The summed E-state index contributed by atoms with van der Waals surface area (Å²) in [6.07, 6.45) is 7.79. The highest BCUT2D eigenvalue weighted by atomic mass is 16.7. The van der Waals surface area contributed by atoms with Crippen LogP contribution in [0.4, 0.5) is 0 Å². The average Bonchev–Trinajstić information content (AvgIpc) is 2.29. The predicted octanol–water partition coefficient (Wildman–Crippen LogP) is 2.74. The van der Waals surface area contributed by atoms with Crippen molar-refractivity contribution in [3.05, 3.63) is 0 Å². The van der Waals surface area contributed by atoms with Gasteiger partial charge in [0.15, 0.2) is 6.29 Å². The summed E-state index contributed by atoms with van der Waals surface area (Å²) in [5.41, 5.74) is 0.956. The lowest BCUT2D eigenvalue weighted by Gasteiger charge is -2.27. The summed E-state index contributed by atoms with van der Waals surface area (Å²) < 4.78 is 11.0. The van der Waals surface area contributed by atoms with Crippen molar-refractivity contribution in [2.75, 3.05) is 13.2 Å².